The largest absolute Gasteiger partial charge is 0.480 e. The number of amides is 1. The first-order valence-electron chi connectivity index (χ1n) is 5.57. The van der Waals surface area contributed by atoms with E-state index in [1.165, 1.54) is 6.07 Å². The SMILES string of the molecule is Cc1nnsc1C(=O)N(CC(=O)O)c1cccc(Cl)c1. The fraction of sp³-hybridized carbons (Fsp3) is 0.167. The van der Waals surface area contributed by atoms with Crippen molar-refractivity contribution in [3.8, 4) is 0 Å². The maximum Gasteiger partial charge on any atom is 0.323 e. The van der Waals surface area contributed by atoms with E-state index in [0.29, 0.717) is 21.3 Å². The van der Waals surface area contributed by atoms with Crippen LogP contribution in [-0.2, 0) is 4.79 Å². The quantitative estimate of drug-likeness (QED) is 0.936. The predicted molar refractivity (Wildman–Crippen MR) is 75.4 cm³/mol. The number of benzene rings is 1. The number of carbonyl (C=O) groups excluding carboxylic acids is 1. The highest BCUT2D eigenvalue weighted by atomic mass is 35.5. The normalized spacial score (nSPS) is 10.3. The molecule has 1 N–H and O–H groups in total. The number of carbonyl (C=O) groups is 2. The number of aliphatic carboxylic acids is 1. The van der Waals surface area contributed by atoms with Gasteiger partial charge in [0.1, 0.15) is 11.4 Å². The van der Waals surface area contributed by atoms with E-state index in [9.17, 15) is 9.59 Å². The molecule has 20 heavy (non-hydrogen) atoms. The standard InChI is InChI=1S/C12H10ClN3O3S/c1-7-11(20-15-14-7)12(19)16(6-10(17)18)9-4-2-3-8(13)5-9/h2-5H,6H2,1H3,(H,17,18). The zero-order valence-corrected chi connectivity index (χ0v) is 12.0. The van der Waals surface area contributed by atoms with Gasteiger partial charge in [-0.05, 0) is 36.7 Å². The number of hydrogen-bond donors (Lipinski definition) is 1. The summed E-state index contributed by atoms with van der Waals surface area (Å²) in [5, 5.41) is 13.2. The summed E-state index contributed by atoms with van der Waals surface area (Å²) in [5.41, 5.74) is 0.884. The van der Waals surface area contributed by atoms with Crippen molar-refractivity contribution in [1.29, 1.82) is 0 Å². The Morgan fingerprint density at radius 2 is 2.20 bits per heavy atom. The lowest BCUT2D eigenvalue weighted by Gasteiger charge is -2.20. The molecule has 2 rings (SSSR count). The number of nitrogens with zero attached hydrogens (tertiary/aromatic N) is 3. The van der Waals surface area contributed by atoms with Gasteiger partial charge in [0.2, 0.25) is 0 Å². The molecule has 1 aromatic carbocycles. The van der Waals surface area contributed by atoms with Crippen LogP contribution >= 0.6 is 23.1 Å². The lowest BCUT2D eigenvalue weighted by molar-refractivity contribution is -0.135. The number of carboxylic acid groups (broad SMARTS) is 1. The molecule has 0 fully saturated rings. The number of hydrogen-bond acceptors (Lipinski definition) is 5. The summed E-state index contributed by atoms with van der Waals surface area (Å²) in [7, 11) is 0. The van der Waals surface area contributed by atoms with Gasteiger partial charge in [0.05, 0.1) is 5.69 Å². The maximum atomic E-state index is 12.4. The van der Waals surface area contributed by atoms with Crippen LogP contribution in [0, 0.1) is 6.92 Å². The molecule has 0 saturated carbocycles. The Bertz CT molecular complexity index is 659. The summed E-state index contributed by atoms with van der Waals surface area (Å²) in [5.74, 6) is -1.57. The molecule has 104 valence electrons. The van der Waals surface area contributed by atoms with Gasteiger partial charge in [-0.25, -0.2) is 0 Å². The summed E-state index contributed by atoms with van der Waals surface area (Å²) < 4.78 is 3.69. The van der Waals surface area contributed by atoms with E-state index in [1.807, 2.05) is 0 Å². The Morgan fingerprint density at radius 3 is 2.75 bits per heavy atom. The summed E-state index contributed by atoms with van der Waals surface area (Å²) in [6.07, 6.45) is 0. The second kappa shape index (κ2) is 5.98. The Kier molecular flexibility index (Phi) is 4.31. The second-order valence-corrected chi connectivity index (χ2v) is 5.14. The molecule has 0 radical (unpaired) electrons. The highest BCUT2D eigenvalue weighted by molar-refractivity contribution is 7.08. The van der Waals surface area contributed by atoms with Crippen LogP contribution < -0.4 is 4.90 Å². The van der Waals surface area contributed by atoms with Crippen molar-refractivity contribution in [2.24, 2.45) is 0 Å². The molecule has 0 spiro atoms. The van der Waals surface area contributed by atoms with Crippen LogP contribution in [0.4, 0.5) is 5.69 Å². The summed E-state index contributed by atoms with van der Waals surface area (Å²) in [4.78, 5) is 24.8. The molecule has 8 heteroatoms. The van der Waals surface area contributed by atoms with E-state index in [2.05, 4.69) is 9.59 Å². The second-order valence-electron chi connectivity index (χ2n) is 3.95. The highest BCUT2D eigenvalue weighted by Gasteiger charge is 2.24. The van der Waals surface area contributed by atoms with Crippen molar-refractivity contribution in [2.75, 3.05) is 11.4 Å². The van der Waals surface area contributed by atoms with E-state index in [0.717, 1.165) is 16.4 Å². The minimum Gasteiger partial charge on any atom is -0.480 e. The molecule has 2 aromatic rings. The minimum absolute atomic E-state index is 0.311. The molecule has 0 saturated heterocycles. The number of aryl methyl sites for hydroxylation is 1. The topological polar surface area (TPSA) is 83.4 Å². The van der Waals surface area contributed by atoms with Gasteiger partial charge in [0.15, 0.2) is 0 Å². The number of rotatable bonds is 4. The van der Waals surface area contributed by atoms with E-state index in [4.69, 9.17) is 16.7 Å². The van der Waals surface area contributed by atoms with Crippen molar-refractivity contribution in [2.45, 2.75) is 6.92 Å². The first-order valence-corrected chi connectivity index (χ1v) is 6.72. The van der Waals surface area contributed by atoms with Crippen molar-refractivity contribution in [3.63, 3.8) is 0 Å². The van der Waals surface area contributed by atoms with Gasteiger partial charge in [-0.1, -0.05) is 22.2 Å². The molecule has 0 aliphatic heterocycles. The molecule has 0 unspecified atom stereocenters. The van der Waals surface area contributed by atoms with Crippen molar-refractivity contribution in [1.82, 2.24) is 9.59 Å². The van der Waals surface area contributed by atoms with Gasteiger partial charge in [0, 0.05) is 10.7 Å². The van der Waals surface area contributed by atoms with Crippen LogP contribution in [0.5, 0.6) is 0 Å². The minimum atomic E-state index is -1.12. The first kappa shape index (κ1) is 14.4. The van der Waals surface area contributed by atoms with E-state index in [-0.39, 0.29) is 0 Å². The maximum absolute atomic E-state index is 12.4. The Balaban J connectivity index is 2.40. The number of aromatic nitrogens is 2. The average molecular weight is 312 g/mol. The summed E-state index contributed by atoms with van der Waals surface area (Å²) in [6, 6.07) is 6.45. The molecule has 1 aromatic heterocycles. The van der Waals surface area contributed by atoms with Crippen LogP contribution in [-0.4, -0.2) is 33.1 Å². The molecule has 1 heterocycles. The van der Waals surface area contributed by atoms with Crippen molar-refractivity contribution in [3.05, 3.63) is 39.9 Å². The molecule has 0 atom stereocenters. The van der Waals surface area contributed by atoms with E-state index >= 15 is 0 Å². The highest BCUT2D eigenvalue weighted by Crippen LogP contribution is 2.23. The van der Waals surface area contributed by atoms with Crippen LogP contribution in [0.1, 0.15) is 15.4 Å². The monoisotopic (exact) mass is 311 g/mol. The van der Waals surface area contributed by atoms with Gasteiger partial charge in [-0.15, -0.1) is 5.10 Å². The predicted octanol–water partition coefficient (Wildman–Crippen LogP) is 2.23. The average Bonchev–Trinajstić information content (AvgIpc) is 2.81. The smallest absolute Gasteiger partial charge is 0.323 e. The van der Waals surface area contributed by atoms with E-state index in [1.54, 1.807) is 25.1 Å². The van der Waals surface area contributed by atoms with Crippen LogP contribution in [0.25, 0.3) is 0 Å². The number of halogens is 1. The number of anilines is 1. The zero-order valence-electron chi connectivity index (χ0n) is 10.4. The Labute approximate surface area is 123 Å². The third-order valence-electron chi connectivity index (χ3n) is 2.50. The molecule has 0 bridgehead atoms. The van der Waals surface area contributed by atoms with Gasteiger partial charge < -0.3 is 5.11 Å². The van der Waals surface area contributed by atoms with Crippen LogP contribution in [0.3, 0.4) is 0 Å². The van der Waals surface area contributed by atoms with Gasteiger partial charge in [-0.3, -0.25) is 14.5 Å². The lowest BCUT2D eigenvalue weighted by atomic mass is 10.2. The molecule has 0 aliphatic carbocycles. The van der Waals surface area contributed by atoms with Crippen LogP contribution in [0.15, 0.2) is 24.3 Å². The Morgan fingerprint density at radius 1 is 1.45 bits per heavy atom. The van der Waals surface area contributed by atoms with Crippen molar-refractivity contribution < 1.29 is 14.7 Å². The fourth-order valence-corrected chi connectivity index (χ4v) is 2.40. The first-order chi connectivity index (χ1) is 9.49. The summed E-state index contributed by atoms with van der Waals surface area (Å²) in [6.45, 7) is 1.18. The molecule has 0 aliphatic rings. The number of carboxylic acids is 1. The molecular weight excluding hydrogens is 302 g/mol. The third kappa shape index (κ3) is 3.12. The Hall–Kier alpha value is -1.99. The lowest BCUT2D eigenvalue weighted by Crippen LogP contribution is -2.35. The van der Waals surface area contributed by atoms with Crippen LogP contribution in [0.2, 0.25) is 5.02 Å². The third-order valence-corrected chi connectivity index (χ3v) is 3.56. The van der Waals surface area contributed by atoms with Gasteiger partial charge >= 0.3 is 5.97 Å². The molecule has 6 nitrogen and oxygen atoms in total. The fourth-order valence-electron chi connectivity index (χ4n) is 1.61. The van der Waals surface area contributed by atoms with Crippen molar-refractivity contribution >= 4 is 40.7 Å². The van der Waals surface area contributed by atoms with Gasteiger partial charge in [-0.2, -0.15) is 0 Å². The molecule has 1 amide bonds. The zero-order chi connectivity index (χ0) is 14.7. The molecular formula is C12H10ClN3O3S. The van der Waals surface area contributed by atoms with E-state index < -0.39 is 18.4 Å². The summed E-state index contributed by atoms with van der Waals surface area (Å²) >= 11 is 6.81. The van der Waals surface area contributed by atoms with Gasteiger partial charge in [0.25, 0.3) is 5.91 Å².